The Kier molecular flexibility index (Phi) is 2.25. The molecule has 0 saturated carbocycles. The molecule has 0 aliphatic rings. The molecule has 0 aromatic rings. The summed E-state index contributed by atoms with van der Waals surface area (Å²) in [6.07, 6.45) is 0. The third kappa shape index (κ3) is 4.00. The van der Waals surface area contributed by atoms with Crippen molar-refractivity contribution < 1.29 is 0 Å². The fraction of sp³-hybridized carbons (Fsp3) is 0.250. The van der Waals surface area contributed by atoms with Gasteiger partial charge in [-0.2, -0.15) is 0 Å². The van der Waals surface area contributed by atoms with E-state index in [0.29, 0.717) is 0 Å². The molecular weight excluding hydrogens is 128 g/mol. The SMILES string of the molecule is [CH]=C=C(C)Br. The van der Waals surface area contributed by atoms with Crippen LogP contribution in [0.4, 0.5) is 0 Å². The number of hydrogen-bond donors (Lipinski definition) is 0. The van der Waals surface area contributed by atoms with Crippen LogP contribution in [0.3, 0.4) is 0 Å². The molecule has 0 aliphatic carbocycles. The van der Waals surface area contributed by atoms with E-state index >= 15 is 0 Å². The predicted octanol–water partition coefficient (Wildman–Crippen LogP) is 1.87. The number of hydrogen-bond acceptors (Lipinski definition) is 0. The maximum absolute atomic E-state index is 4.84. The van der Waals surface area contributed by atoms with Crippen LogP contribution in [0, 0.1) is 6.58 Å². The molecule has 1 heteroatoms. The molecule has 0 unspecified atom stereocenters. The van der Waals surface area contributed by atoms with Gasteiger partial charge >= 0.3 is 0 Å². The van der Waals surface area contributed by atoms with Crippen molar-refractivity contribution in [3.05, 3.63) is 16.8 Å². The van der Waals surface area contributed by atoms with E-state index < -0.39 is 0 Å². The van der Waals surface area contributed by atoms with Crippen LogP contribution in [0.1, 0.15) is 6.92 Å². The summed E-state index contributed by atoms with van der Waals surface area (Å²) in [7, 11) is 0. The van der Waals surface area contributed by atoms with E-state index in [0.717, 1.165) is 4.48 Å². The first-order valence-electron chi connectivity index (χ1n) is 1.23. The fourth-order valence-electron chi connectivity index (χ4n) is 0. The zero-order valence-corrected chi connectivity index (χ0v) is 4.54. The molecule has 27 valence electrons. The van der Waals surface area contributed by atoms with Gasteiger partial charge in [0, 0.05) is 4.48 Å². The average Bonchev–Trinajstić information content (AvgIpc) is 1.38. The van der Waals surface area contributed by atoms with Gasteiger partial charge in [-0.15, -0.1) is 5.73 Å². The lowest BCUT2D eigenvalue weighted by atomic mass is 10.7. The van der Waals surface area contributed by atoms with Crippen molar-refractivity contribution in [3.63, 3.8) is 0 Å². The van der Waals surface area contributed by atoms with Gasteiger partial charge in [0.15, 0.2) is 0 Å². The molecule has 0 fully saturated rings. The van der Waals surface area contributed by atoms with Crippen LogP contribution in [0.15, 0.2) is 10.2 Å². The van der Waals surface area contributed by atoms with Crippen LogP contribution in [0.2, 0.25) is 0 Å². The third-order valence-corrected chi connectivity index (χ3v) is 0.428. The Labute approximate surface area is 40.3 Å². The van der Waals surface area contributed by atoms with Gasteiger partial charge in [-0.3, -0.25) is 0 Å². The molecule has 0 aromatic heterocycles. The second kappa shape index (κ2) is 2.25. The molecule has 0 amide bonds. The van der Waals surface area contributed by atoms with Gasteiger partial charge < -0.3 is 0 Å². The van der Waals surface area contributed by atoms with Gasteiger partial charge in [0.05, 0.1) is 0 Å². The van der Waals surface area contributed by atoms with Crippen LogP contribution in [0.25, 0.3) is 0 Å². The molecule has 0 N–H and O–H groups in total. The molecule has 0 atom stereocenters. The topological polar surface area (TPSA) is 0 Å². The summed E-state index contributed by atoms with van der Waals surface area (Å²) < 4.78 is 0.845. The molecule has 0 aliphatic heterocycles. The summed E-state index contributed by atoms with van der Waals surface area (Å²) >= 11 is 3.05. The fourth-order valence-corrected chi connectivity index (χ4v) is 0. The lowest BCUT2D eigenvalue weighted by molar-refractivity contribution is 1.73. The highest BCUT2D eigenvalue weighted by Crippen LogP contribution is 1.95. The van der Waals surface area contributed by atoms with E-state index in [9.17, 15) is 0 Å². The minimum atomic E-state index is 0.845. The van der Waals surface area contributed by atoms with E-state index in [1.807, 2.05) is 6.92 Å². The smallest absolute Gasteiger partial charge is 0.0337 e. The Morgan fingerprint density at radius 3 is 2.20 bits per heavy atom. The van der Waals surface area contributed by atoms with Crippen molar-refractivity contribution in [1.82, 2.24) is 0 Å². The zero-order chi connectivity index (χ0) is 4.28. The average molecular weight is 132 g/mol. The highest BCUT2D eigenvalue weighted by Gasteiger charge is 1.61. The highest BCUT2D eigenvalue weighted by molar-refractivity contribution is 9.11. The number of halogens is 1. The van der Waals surface area contributed by atoms with E-state index in [1.165, 1.54) is 0 Å². The summed E-state index contributed by atoms with van der Waals surface area (Å²) in [4.78, 5) is 0. The number of rotatable bonds is 0. The Morgan fingerprint density at radius 1 is 2.00 bits per heavy atom. The Bertz CT molecular complexity index is 63.7. The monoisotopic (exact) mass is 131 g/mol. The van der Waals surface area contributed by atoms with Gasteiger partial charge in [-0.1, -0.05) is 0 Å². The summed E-state index contributed by atoms with van der Waals surface area (Å²) in [6.45, 7) is 6.66. The summed E-state index contributed by atoms with van der Waals surface area (Å²) in [5.41, 5.74) is 2.36. The lowest BCUT2D eigenvalue weighted by Crippen LogP contribution is -1.37. The van der Waals surface area contributed by atoms with E-state index in [1.54, 1.807) is 0 Å². The molecule has 0 rings (SSSR count). The Hall–Kier alpha value is 0. The number of allylic oxidation sites excluding steroid dienone is 1. The first-order chi connectivity index (χ1) is 2.27. The molecule has 0 spiro atoms. The van der Waals surface area contributed by atoms with Crippen LogP contribution < -0.4 is 0 Å². The van der Waals surface area contributed by atoms with Crippen LogP contribution in [-0.2, 0) is 0 Å². The van der Waals surface area contributed by atoms with Crippen molar-refractivity contribution in [1.29, 1.82) is 0 Å². The summed E-state index contributed by atoms with van der Waals surface area (Å²) in [5.74, 6) is 0. The van der Waals surface area contributed by atoms with Gasteiger partial charge in [-0.25, -0.2) is 0 Å². The first-order valence-corrected chi connectivity index (χ1v) is 2.02. The van der Waals surface area contributed by atoms with Gasteiger partial charge in [0.2, 0.25) is 0 Å². The van der Waals surface area contributed by atoms with Crippen LogP contribution in [0.5, 0.6) is 0 Å². The lowest BCUT2D eigenvalue weighted by Gasteiger charge is -1.63. The van der Waals surface area contributed by atoms with Crippen molar-refractivity contribution in [3.8, 4) is 0 Å². The molecule has 1 radical (unpaired) electrons. The maximum atomic E-state index is 4.84. The molecule has 0 bridgehead atoms. The minimum Gasteiger partial charge on any atom is -0.109 e. The summed E-state index contributed by atoms with van der Waals surface area (Å²) in [6, 6.07) is 0. The molecule has 0 nitrogen and oxygen atoms in total. The largest absolute Gasteiger partial charge is 0.109 e. The van der Waals surface area contributed by atoms with E-state index in [-0.39, 0.29) is 0 Å². The minimum absolute atomic E-state index is 0.845. The van der Waals surface area contributed by atoms with Gasteiger partial charge in [-0.05, 0) is 29.4 Å². The molecule has 5 heavy (non-hydrogen) atoms. The normalized spacial score (nSPS) is 6.00. The second-order valence-electron chi connectivity index (χ2n) is 0.678. The molecule has 0 heterocycles. The predicted molar refractivity (Wildman–Crippen MR) is 25.9 cm³/mol. The Balaban J connectivity index is 3.60. The zero-order valence-electron chi connectivity index (χ0n) is 2.96. The van der Waals surface area contributed by atoms with Crippen molar-refractivity contribution in [2.75, 3.05) is 0 Å². The van der Waals surface area contributed by atoms with Gasteiger partial charge in [0.25, 0.3) is 0 Å². The second-order valence-corrected chi connectivity index (χ2v) is 1.87. The summed E-state index contributed by atoms with van der Waals surface area (Å²) in [5, 5.41) is 0. The van der Waals surface area contributed by atoms with Crippen molar-refractivity contribution in [2.24, 2.45) is 0 Å². The van der Waals surface area contributed by atoms with Crippen molar-refractivity contribution >= 4 is 15.9 Å². The van der Waals surface area contributed by atoms with E-state index in [4.69, 9.17) is 6.58 Å². The third-order valence-electron chi connectivity index (χ3n) is 0.199. The van der Waals surface area contributed by atoms with E-state index in [2.05, 4.69) is 21.7 Å². The standard InChI is InChI=1S/C4H4Br/c1-3-4(2)5/h1H,2H3. The highest BCUT2D eigenvalue weighted by atomic mass is 79.9. The quantitative estimate of drug-likeness (QED) is 0.441. The first kappa shape index (κ1) is 5.00. The molecular formula is C4H4Br. The molecule has 0 saturated heterocycles. The van der Waals surface area contributed by atoms with Crippen LogP contribution >= 0.6 is 15.9 Å². The Morgan fingerprint density at radius 2 is 2.20 bits per heavy atom. The maximum Gasteiger partial charge on any atom is 0.0337 e. The van der Waals surface area contributed by atoms with Gasteiger partial charge in [0.1, 0.15) is 0 Å². The van der Waals surface area contributed by atoms with Crippen LogP contribution in [-0.4, -0.2) is 0 Å². The molecule has 0 aromatic carbocycles. The van der Waals surface area contributed by atoms with Crippen molar-refractivity contribution in [2.45, 2.75) is 6.92 Å².